The molecule has 0 spiro atoms. The summed E-state index contributed by atoms with van der Waals surface area (Å²) in [5.41, 5.74) is 7.18. The monoisotopic (exact) mass is 204 g/mol. The highest BCUT2D eigenvalue weighted by Crippen LogP contribution is 2.19. The molecule has 0 atom stereocenters. The van der Waals surface area contributed by atoms with Gasteiger partial charge in [-0.2, -0.15) is 5.26 Å². The summed E-state index contributed by atoms with van der Waals surface area (Å²) in [6, 6.07) is 5.21. The second-order valence-corrected chi connectivity index (χ2v) is 3.10. The lowest BCUT2D eigenvalue weighted by Gasteiger charge is -2.10. The second kappa shape index (κ2) is 4.58. The van der Waals surface area contributed by atoms with Crippen molar-refractivity contribution < 1.29 is 9.90 Å². The quantitative estimate of drug-likeness (QED) is 0.776. The van der Waals surface area contributed by atoms with E-state index in [0.29, 0.717) is 23.1 Å². The molecule has 0 heterocycles. The molecule has 0 bridgehead atoms. The van der Waals surface area contributed by atoms with Crippen molar-refractivity contribution in [3.8, 4) is 6.07 Å². The van der Waals surface area contributed by atoms with Crippen LogP contribution in [0.25, 0.3) is 0 Å². The minimum atomic E-state index is -1.02. The normalized spacial score (nSPS) is 9.67. The molecule has 0 saturated heterocycles. The zero-order chi connectivity index (χ0) is 11.4. The van der Waals surface area contributed by atoms with Gasteiger partial charge in [0.15, 0.2) is 0 Å². The van der Waals surface area contributed by atoms with E-state index in [4.69, 9.17) is 16.1 Å². The molecule has 1 aromatic carbocycles. The molecule has 1 rings (SSSR count). The van der Waals surface area contributed by atoms with E-state index < -0.39 is 5.97 Å². The third-order valence-corrected chi connectivity index (χ3v) is 2.31. The zero-order valence-corrected chi connectivity index (χ0v) is 8.45. The number of hydrogen-bond donors (Lipinski definition) is 2. The molecule has 0 aromatic heterocycles. The van der Waals surface area contributed by atoms with E-state index in [9.17, 15) is 4.79 Å². The lowest BCUT2D eigenvalue weighted by molar-refractivity contribution is 0.0694. The van der Waals surface area contributed by atoms with E-state index in [2.05, 4.69) is 0 Å². The van der Waals surface area contributed by atoms with Crippen LogP contribution in [0.15, 0.2) is 12.1 Å². The number of carbonyl (C=O) groups is 1. The Morgan fingerprint density at radius 2 is 2.27 bits per heavy atom. The Hall–Kier alpha value is -1.86. The molecule has 3 N–H and O–H groups in total. The van der Waals surface area contributed by atoms with Gasteiger partial charge in [0, 0.05) is 6.54 Å². The van der Waals surface area contributed by atoms with Gasteiger partial charge in [-0.1, -0.05) is 13.0 Å². The van der Waals surface area contributed by atoms with E-state index in [-0.39, 0.29) is 12.1 Å². The topological polar surface area (TPSA) is 87.1 Å². The fourth-order valence-corrected chi connectivity index (χ4v) is 1.60. The average Bonchev–Trinajstić information content (AvgIpc) is 2.26. The lowest BCUT2D eigenvalue weighted by atomic mass is 9.94. The maximum absolute atomic E-state index is 11.1. The Morgan fingerprint density at radius 1 is 1.60 bits per heavy atom. The van der Waals surface area contributed by atoms with Gasteiger partial charge in [-0.25, -0.2) is 4.79 Å². The maximum Gasteiger partial charge on any atom is 0.336 e. The van der Waals surface area contributed by atoms with E-state index in [1.807, 2.05) is 13.0 Å². The number of rotatable bonds is 3. The van der Waals surface area contributed by atoms with Gasteiger partial charge >= 0.3 is 5.97 Å². The van der Waals surface area contributed by atoms with Crippen LogP contribution in [0.2, 0.25) is 0 Å². The van der Waals surface area contributed by atoms with E-state index in [1.165, 1.54) is 0 Å². The molecular weight excluding hydrogens is 192 g/mol. The Kier molecular flexibility index (Phi) is 3.42. The number of carboxylic acid groups (broad SMARTS) is 1. The number of aromatic carboxylic acids is 1. The SMILES string of the molecule is CCc1c(C#N)ccc(CN)c1C(=O)O. The average molecular weight is 204 g/mol. The van der Waals surface area contributed by atoms with Crippen LogP contribution < -0.4 is 5.73 Å². The van der Waals surface area contributed by atoms with Crippen molar-refractivity contribution in [2.75, 3.05) is 0 Å². The lowest BCUT2D eigenvalue weighted by Crippen LogP contribution is -2.11. The molecule has 78 valence electrons. The zero-order valence-electron chi connectivity index (χ0n) is 8.45. The Morgan fingerprint density at radius 3 is 2.67 bits per heavy atom. The predicted octanol–water partition coefficient (Wildman–Crippen LogP) is 1.28. The number of carboxylic acids is 1. The van der Waals surface area contributed by atoms with Gasteiger partial charge < -0.3 is 10.8 Å². The third-order valence-electron chi connectivity index (χ3n) is 2.31. The van der Waals surface area contributed by atoms with Gasteiger partial charge in [0.25, 0.3) is 0 Å². The van der Waals surface area contributed by atoms with E-state index in [1.54, 1.807) is 12.1 Å². The van der Waals surface area contributed by atoms with Gasteiger partial charge in [0.1, 0.15) is 0 Å². The van der Waals surface area contributed by atoms with Crippen molar-refractivity contribution >= 4 is 5.97 Å². The van der Waals surface area contributed by atoms with Gasteiger partial charge in [0.05, 0.1) is 17.2 Å². The maximum atomic E-state index is 11.1. The minimum absolute atomic E-state index is 0.167. The standard InChI is InChI=1S/C11H12N2O2/c1-2-9-7(5-12)3-4-8(6-13)10(9)11(14)15/h3-4H,2,6,13H2,1H3,(H,14,15). The van der Waals surface area contributed by atoms with Crippen LogP contribution in [0.5, 0.6) is 0 Å². The smallest absolute Gasteiger partial charge is 0.336 e. The summed E-state index contributed by atoms with van der Waals surface area (Å²) in [6.45, 7) is 1.99. The van der Waals surface area contributed by atoms with Crippen LogP contribution in [0.4, 0.5) is 0 Å². The first-order valence-electron chi connectivity index (χ1n) is 4.63. The molecule has 0 aliphatic rings. The molecule has 1 aromatic rings. The van der Waals surface area contributed by atoms with Crippen molar-refractivity contribution in [2.45, 2.75) is 19.9 Å². The first-order chi connectivity index (χ1) is 7.15. The minimum Gasteiger partial charge on any atom is -0.478 e. The van der Waals surface area contributed by atoms with Crippen LogP contribution in [0.3, 0.4) is 0 Å². The van der Waals surface area contributed by atoms with Crippen molar-refractivity contribution in [1.82, 2.24) is 0 Å². The highest BCUT2D eigenvalue weighted by atomic mass is 16.4. The van der Waals surface area contributed by atoms with Crippen LogP contribution in [-0.2, 0) is 13.0 Å². The Labute approximate surface area is 87.9 Å². The third kappa shape index (κ3) is 1.97. The van der Waals surface area contributed by atoms with Crippen LogP contribution in [0, 0.1) is 11.3 Å². The summed E-state index contributed by atoms with van der Waals surface area (Å²) in [6.07, 6.45) is 0.512. The molecule has 0 fully saturated rings. The largest absolute Gasteiger partial charge is 0.478 e. The summed E-state index contributed by atoms with van der Waals surface area (Å²) < 4.78 is 0. The van der Waals surface area contributed by atoms with Crippen molar-refractivity contribution in [3.63, 3.8) is 0 Å². The van der Waals surface area contributed by atoms with Crippen LogP contribution >= 0.6 is 0 Å². The summed E-state index contributed by atoms with van der Waals surface area (Å²) in [5, 5.41) is 17.9. The Bertz CT molecular complexity index is 433. The summed E-state index contributed by atoms with van der Waals surface area (Å²) >= 11 is 0. The molecule has 0 amide bonds. The number of benzene rings is 1. The second-order valence-electron chi connectivity index (χ2n) is 3.10. The summed E-state index contributed by atoms with van der Waals surface area (Å²) in [7, 11) is 0. The van der Waals surface area contributed by atoms with Crippen LogP contribution in [0.1, 0.15) is 34.0 Å². The first kappa shape index (κ1) is 11.2. The molecule has 0 aliphatic carbocycles. The summed E-state index contributed by atoms with van der Waals surface area (Å²) in [5.74, 6) is -1.02. The molecule has 0 saturated carbocycles. The van der Waals surface area contributed by atoms with Crippen molar-refractivity contribution in [3.05, 3.63) is 34.4 Å². The van der Waals surface area contributed by atoms with Gasteiger partial charge in [-0.15, -0.1) is 0 Å². The van der Waals surface area contributed by atoms with Crippen LogP contribution in [-0.4, -0.2) is 11.1 Å². The molecule has 0 aliphatic heterocycles. The predicted molar refractivity (Wildman–Crippen MR) is 55.4 cm³/mol. The highest BCUT2D eigenvalue weighted by molar-refractivity contribution is 5.92. The molecule has 0 radical (unpaired) electrons. The first-order valence-corrected chi connectivity index (χ1v) is 4.63. The number of hydrogen-bond acceptors (Lipinski definition) is 3. The number of nitriles is 1. The fourth-order valence-electron chi connectivity index (χ4n) is 1.60. The van der Waals surface area contributed by atoms with Crippen molar-refractivity contribution in [1.29, 1.82) is 5.26 Å². The Balaban J connectivity index is 3.53. The molecule has 0 unspecified atom stereocenters. The van der Waals surface area contributed by atoms with Crippen molar-refractivity contribution in [2.24, 2.45) is 5.73 Å². The molecule has 15 heavy (non-hydrogen) atoms. The van der Waals surface area contributed by atoms with E-state index >= 15 is 0 Å². The fraction of sp³-hybridized carbons (Fsp3) is 0.273. The number of nitrogens with zero attached hydrogens (tertiary/aromatic N) is 1. The van der Waals surface area contributed by atoms with Gasteiger partial charge in [0.2, 0.25) is 0 Å². The van der Waals surface area contributed by atoms with E-state index in [0.717, 1.165) is 0 Å². The van der Waals surface area contributed by atoms with Gasteiger partial charge in [-0.05, 0) is 23.6 Å². The van der Waals surface area contributed by atoms with Gasteiger partial charge in [-0.3, -0.25) is 0 Å². The summed E-state index contributed by atoms with van der Waals surface area (Å²) in [4.78, 5) is 11.1. The molecule has 4 heteroatoms. The highest BCUT2D eigenvalue weighted by Gasteiger charge is 2.16. The molecule has 4 nitrogen and oxygen atoms in total. The number of nitrogens with two attached hydrogens (primary N) is 1. The molecular formula is C11H12N2O2.